The van der Waals surface area contributed by atoms with Gasteiger partial charge in [0.15, 0.2) is 0 Å². The predicted molar refractivity (Wildman–Crippen MR) is 58.6 cm³/mol. The van der Waals surface area contributed by atoms with Crippen molar-refractivity contribution < 1.29 is 14.3 Å². The third-order valence-corrected chi connectivity index (χ3v) is 2.23. The highest BCUT2D eigenvalue weighted by atomic mass is 16.5. The van der Waals surface area contributed by atoms with Crippen LogP contribution in [-0.4, -0.2) is 44.7 Å². The minimum absolute atomic E-state index is 0.0525. The van der Waals surface area contributed by atoms with Crippen LogP contribution in [-0.2, 0) is 14.3 Å². The Balaban J connectivity index is 1.83. The Labute approximate surface area is 94.9 Å². The molecule has 0 radical (unpaired) electrons. The van der Waals surface area contributed by atoms with Crippen LogP contribution in [0.2, 0.25) is 0 Å². The number of amides is 2. The fraction of sp³-hybridized carbons (Fsp3) is 0.800. The first kappa shape index (κ1) is 12.9. The van der Waals surface area contributed by atoms with Crippen molar-refractivity contribution in [2.75, 3.05) is 32.8 Å². The molecule has 0 aliphatic heterocycles. The average molecular weight is 229 g/mol. The maximum Gasteiger partial charge on any atom is 0.243 e. The molecule has 0 aromatic rings. The summed E-state index contributed by atoms with van der Waals surface area (Å²) in [5.74, 6) is 0.215. The molecule has 92 valence electrons. The molecule has 0 unspecified atom stereocenters. The van der Waals surface area contributed by atoms with Gasteiger partial charge in [-0.1, -0.05) is 0 Å². The highest BCUT2D eigenvalue weighted by molar-refractivity contribution is 5.78. The van der Waals surface area contributed by atoms with Crippen molar-refractivity contribution in [2.24, 2.45) is 11.7 Å². The van der Waals surface area contributed by atoms with E-state index in [1.54, 1.807) is 0 Å². The zero-order valence-electron chi connectivity index (χ0n) is 9.33. The lowest BCUT2D eigenvalue weighted by Crippen LogP contribution is -2.36. The summed E-state index contributed by atoms with van der Waals surface area (Å²) in [6.45, 7) is 1.86. The molecule has 0 bridgehead atoms. The Morgan fingerprint density at radius 3 is 2.75 bits per heavy atom. The van der Waals surface area contributed by atoms with Crippen LogP contribution in [0.4, 0.5) is 0 Å². The zero-order chi connectivity index (χ0) is 11.8. The number of carbonyl (C=O) groups is 2. The lowest BCUT2D eigenvalue weighted by molar-refractivity contribution is -0.122. The Morgan fingerprint density at radius 2 is 2.12 bits per heavy atom. The molecule has 0 aromatic carbocycles. The van der Waals surface area contributed by atoms with Crippen molar-refractivity contribution >= 4 is 11.8 Å². The van der Waals surface area contributed by atoms with Gasteiger partial charge in [0.2, 0.25) is 11.8 Å². The molecule has 0 saturated heterocycles. The van der Waals surface area contributed by atoms with Gasteiger partial charge >= 0.3 is 0 Å². The van der Waals surface area contributed by atoms with Crippen molar-refractivity contribution in [1.82, 2.24) is 10.6 Å². The van der Waals surface area contributed by atoms with Gasteiger partial charge in [-0.05, 0) is 25.3 Å². The van der Waals surface area contributed by atoms with Gasteiger partial charge < -0.3 is 21.1 Å². The first-order chi connectivity index (χ1) is 7.68. The number of ether oxygens (including phenoxy) is 1. The Bertz CT molecular complexity index is 241. The van der Waals surface area contributed by atoms with E-state index in [2.05, 4.69) is 10.6 Å². The largest absolute Gasteiger partial charge is 0.370 e. The van der Waals surface area contributed by atoms with Crippen LogP contribution in [0.1, 0.15) is 12.8 Å². The second-order valence-electron chi connectivity index (χ2n) is 3.94. The third kappa shape index (κ3) is 7.19. The van der Waals surface area contributed by atoms with Gasteiger partial charge in [0, 0.05) is 6.54 Å². The summed E-state index contributed by atoms with van der Waals surface area (Å²) >= 11 is 0. The van der Waals surface area contributed by atoms with Gasteiger partial charge in [-0.3, -0.25) is 9.59 Å². The molecule has 2 amide bonds. The molecule has 1 fully saturated rings. The molecule has 0 aromatic heterocycles. The molecular formula is C10H19N3O3. The topological polar surface area (TPSA) is 93.5 Å². The van der Waals surface area contributed by atoms with Crippen molar-refractivity contribution in [2.45, 2.75) is 12.8 Å². The number of rotatable bonds is 9. The van der Waals surface area contributed by atoms with Crippen molar-refractivity contribution in [1.29, 1.82) is 0 Å². The maximum absolute atomic E-state index is 11.2. The summed E-state index contributed by atoms with van der Waals surface area (Å²) in [4.78, 5) is 21.5. The molecule has 1 saturated carbocycles. The number of carbonyl (C=O) groups excluding carboxylic acids is 2. The third-order valence-electron chi connectivity index (χ3n) is 2.23. The van der Waals surface area contributed by atoms with E-state index in [1.807, 2.05) is 0 Å². The average Bonchev–Trinajstić information content (AvgIpc) is 3.00. The molecule has 0 spiro atoms. The highest BCUT2D eigenvalue weighted by Crippen LogP contribution is 2.27. The second-order valence-corrected chi connectivity index (χ2v) is 3.94. The first-order valence-electron chi connectivity index (χ1n) is 5.52. The van der Waals surface area contributed by atoms with E-state index < -0.39 is 5.91 Å². The molecule has 1 aliphatic carbocycles. The molecule has 4 N–H and O–H groups in total. The second kappa shape index (κ2) is 7.19. The summed E-state index contributed by atoms with van der Waals surface area (Å²) in [5.41, 5.74) is 4.87. The van der Waals surface area contributed by atoms with Crippen LogP contribution in [0.15, 0.2) is 0 Å². The number of primary amides is 1. The maximum atomic E-state index is 11.2. The molecule has 0 heterocycles. The zero-order valence-corrected chi connectivity index (χ0v) is 9.33. The highest BCUT2D eigenvalue weighted by Gasteiger charge is 2.20. The lowest BCUT2D eigenvalue weighted by atomic mass is 10.4. The van der Waals surface area contributed by atoms with E-state index in [1.165, 1.54) is 12.8 Å². The molecule has 1 aliphatic rings. The molecule has 6 heteroatoms. The van der Waals surface area contributed by atoms with E-state index in [-0.39, 0.29) is 12.5 Å². The Hall–Kier alpha value is -1.14. The summed E-state index contributed by atoms with van der Waals surface area (Å²) in [6.07, 6.45) is 2.55. The minimum Gasteiger partial charge on any atom is -0.370 e. The van der Waals surface area contributed by atoms with E-state index >= 15 is 0 Å². The Kier molecular flexibility index (Phi) is 5.81. The number of nitrogens with one attached hydrogen (secondary N) is 2. The SMILES string of the molecule is NC(=O)COCCNC(=O)CNCC1CC1. The molecular weight excluding hydrogens is 210 g/mol. The number of hydrogen-bond donors (Lipinski definition) is 3. The minimum atomic E-state index is -0.502. The lowest BCUT2D eigenvalue weighted by Gasteiger charge is -2.06. The molecule has 16 heavy (non-hydrogen) atoms. The van der Waals surface area contributed by atoms with Crippen LogP contribution >= 0.6 is 0 Å². The van der Waals surface area contributed by atoms with Gasteiger partial charge in [0.25, 0.3) is 0 Å². The summed E-state index contributed by atoms with van der Waals surface area (Å²) in [6, 6.07) is 0. The van der Waals surface area contributed by atoms with Crippen molar-refractivity contribution in [3.8, 4) is 0 Å². The van der Waals surface area contributed by atoms with Gasteiger partial charge in [-0.25, -0.2) is 0 Å². The van der Waals surface area contributed by atoms with Gasteiger partial charge in [-0.15, -0.1) is 0 Å². The Morgan fingerprint density at radius 1 is 1.38 bits per heavy atom. The quantitative estimate of drug-likeness (QED) is 0.424. The van der Waals surface area contributed by atoms with E-state index in [4.69, 9.17) is 10.5 Å². The number of hydrogen-bond acceptors (Lipinski definition) is 4. The molecule has 6 nitrogen and oxygen atoms in total. The summed E-state index contributed by atoms with van der Waals surface area (Å²) in [7, 11) is 0. The van der Waals surface area contributed by atoms with Crippen molar-refractivity contribution in [3.63, 3.8) is 0 Å². The van der Waals surface area contributed by atoms with E-state index in [0.717, 1.165) is 12.5 Å². The monoisotopic (exact) mass is 229 g/mol. The van der Waals surface area contributed by atoms with Crippen LogP contribution in [0.25, 0.3) is 0 Å². The smallest absolute Gasteiger partial charge is 0.243 e. The van der Waals surface area contributed by atoms with Gasteiger partial charge in [0.05, 0.1) is 13.2 Å². The predicted octanol–water partition coefficient (Wildman–Crippen LogP) is -1.40. The van der Waals surface area contributed by atoms with Crippen LogP contribution in [0.3, 0.4) is 0 Å². The standard InChI is InChI=1S/C10H19N3O3/c11-9(14)7-16-4-3-13-10(15)6-12-5-8-1-2-8/h8,12H,1-7H2,(H2,11,14)(H,13,15). The van der Waals surface area contributed by atoms with Gasteiger partial charge in [0.1, 0.15) is 6.61 Å². The fourth-order valence-electron chi connectivity index (χ4n) is 1.21. The van der Waals surface area contributed by atoms with E-state index in [0.29, 0.717) is 19.7 Å². The number of nitrogens with two attached hydrogens (primary N) is 1. The normalized spacial score (nSPS) is 14.8. The first-order valence-corrected chi connectivity index (χ1v) is 5.52. The van der Waals surface area contributed by atoms with Crippen LogP contribution in [0, 0.1) is 5.92 Å². The molecule has 1 rings (SSSR count). The molecule has 0 atom stereocenters. The van der Waals surface area contributed by atoms with E-state index in [9.17, 15) is 9.59 Å². The van der Waals surface area contributed by atoms with Crippen LogP contribution in [0.5, 0.6) is 0 Å². The summed E-state index contributed by atoms with van der Waals surface area (Å²) in [5, 5.41) is 5.75. The van der Waals surface area contributed by atoms with Crippen LogP contribution < -0.4 is 16.4 Å². The van der Waals surface area contributed by atoms with Gasteiger partial charge in [-0.2, -0.15) is 0 Å². The van der Waals surface area contributed by atoms with Crippen molar-refractivity contribution in [3.05, 3.63) is 0 Å². The fourth-order valence-corrected chi connectivity index (χ4v) is 1.21. The summed E-state index contributed by atoms with van der Waals surface area (Å²) < 4.78 is 4.89.